The number of halogens is 3. The zero-order valence-electron chi connectivity index (χ0n) is 35.7. The number of nitrogens with one attached hydrogen (secondary N) is 1. The number of benzene rings is 2. The van der Waals surface area contributed by atoms with Gasteiger partial charge in [0.25, 0.3) is 11.8 Å². The van der Waals surface area contributed by atoms with Crippen LogP contribution < -0.4 is 11.1 Å². The lowest BCUT2D eigenvalue weighted by Crippen LogP contribution is -2.62. The number of nitrogens with two attached hydrogens (primary N) is 1. The van der Waals surface area contributed by atoms with E-state index in [2.05, 4.69) is 15.4 Å². The largest absolute Gasteiger partial charge is 0.477 e. The maximum atomic E-state index is 15.6. The molecule has 0 radical (unpaired) electrons. The summed E-state index contributed by atoms with van der Waals surface area (Å²) in [5, 5.41) is 16.5. The number of anilines is 1. The smallest absolute Gasteiger partial charge is 0.359 e. The summed E-state index contributed by atoms with van der Waals surface area (Å²) in [6.07, 6.45) is 4.25. The second kappa shape index (κ2) is 20.6. The van der Waals surface area contributed by atoms with Crippen LogP contribution >= 0.6 is 11.6 Å². The number of carboxylic acid groups (broad SMARTS) is 1. The molecule has 63 heavy (non-hydrogen) atoms. The van der Waals surface area contributed by atoms with Gasteiger partial charge in [-0.1, -0.05) is 17.7 Å². The first-order valence-electron chi connectivity index (χ1n) is 20.9. The van der Waals surface area contributed by atoms with E-state index in [0.29, 0.717) is 94.1 Å². The van der Waals surface area contributed by atoms with Crippen molar-refractivity contribution < 1.29 is 47.1 Å². The quantitative estimate of drug-likeness (QED) is 0.132. The van der Waals surface area contributed by atoms with Gasteiger partial charge in [0.15, 0.2) is 24.0 Å². The summed E-state index contributed by atoms with van der Waals surface area (Å²) < 4.78 is 39.6. The zero-order valence-corrected chi connectivity index (χ0v) is 36.5. The molecule has 2 aliphatic heterocycles. The molecule has 338 valence electrons. The van der Waals surface area contributed by atoms with Crippen molar-refractivity contribution in [1.29, 1.82) is 0 Å². The van der Waals surface area contributed by atoms with Gasteiger partial charge in [0.1, 0.15) is 0 Å². The lowest BCUT2D eigenvalue weighted by molar-refractivity contribution is -0.924. The van der Waals surface area contributed by atoms with E-state index in [1.54, 1.807) is 33.4 Å². The molecule has 0 atom stereocenters. The van der Waals surface area contributed by atoms with E-state index in [9.17, 15) is 29.1 Å². The van der Waals surface area contributed by atoms with Crippen LogP contribution in [0.15, 0.2) is 42.7 Å². The van der Waals surface area contributed by atoms with Crippen molar-refractivity contribution in [3.63, 3.8) is 0 Å². The van der Waals surface area contributed by atoms with Gasteiger partial charge in [-0.15, -0.1) is 0 Å². The van der Waals surface area contributed by atoms with Gasteiger partial charge in [-0.25, -0.2) is 18.6 Å². The van der Waals surface area contributed by atoms with Crippen LogP contribution in [0.25, 0.3) is 22.4 Å². The predicted molar refractivity (Wildman–Crippen MR) is 230 cm³/mol. The summed E-state index contributed by atoms with van der Waals surface area (Å²) in [6, 6.07) is 7.34. The number of amides is 4. The molecule has 0 saturated carbocycles. The SMILES string of the molecule is COCCn1ncc(-c2ccc(-c3cnc(C(=O)Nc4ccc(C(=O)N5CCN(C(=O)CCCC(=O)N6CC[N+](CCCN)(CC(=O)O)CC6)CC5)c(Cl)c4)n3C)c(F)c2F)c1C. The number of aliphatic carboxylic acids is 1. The third-order valence-electron chi connectivity index (χ3n) is 12.0. The Morgan fingerprint density at radius 2 is 1.52 bits per heavy atom. The summed E-state index contributed by atoms with van der Waals surface area (Å²) in [5.74, 6) is -4.26. The minimum absolute atomic E-state index is 0.00465. The molecule has 20 heteroatoms. The standard InChI is InChI=1S/C43H53ClF2N10O7/c1-28-33(25-49-55(28)19-23-63-3)30-10-11-32(40(46)39(30)45)35-26-48-41(51(35)2)42(61)50-29-8-9-31(34(44)24-29)43(62)54-15-13-52(14-16-54)36(57)6-4-7-37(58)53-17-21-56(22-18-53,20-5-12-47)27-38(59)60/h8-11,24-26H,4-7,12-23,27,47H2,1-3H3,(H-,50,59,60,61,62)/p+1. The van der Waals surface area contributed by atoms with Crippen LogP contribution in [-0.2, 0) is 32.7 Å². The van der Waals surface area contributed by atoms with Gasteiger partial charge in [0, 0.05) is 87.7 Å². The Hall–Kier alpha value is -5.76. The van der Waals surface area contributed by atoms with Gasteiger partial charge in [-0.2, -0.15) is 5.10 Å². The molecule has 6 rings (SSSR count). The Balaban J connectivity index is 0.977. The summed E-state index contributed by atoms with van der Waals surface area (Å²) in [5.41, 5.74) is 7.36. The lowest BCUT2D eigenvalue weighted by atomic mass is 10.0. The average Bonchev–Trinajstić information content (AvgIpc) is 3.83. The molecule has 4 N–H and O–H groups in total. The van der Waals surface area contributed by atoms with Gasteiger partial charge < -0.3 is 44.6 Å². The van der Waals surface area contributed by atoms with Gasteiger partial charge in [0.05, 0.1) is 74.5 Å². The van der Waals surface area contributed by atoms with Crippen molar-refractivity contribution in [3.8, 4) is 22.4 Å². The number of aromatic nitrogens is 4. The van der Waals surface area contributed by atoms with E-state index in [-0.39, 0.29) is 89.1 Å². The fourth-order valence-corrected chi connectivity index (χ4v) is 8.50. The third kappa shape index (κ3) is 10.7. The molecule has 4 heterocycles. The van der Waals surface area contributed by atoms with Gasteiger partial charge in [-0.3, -0.25) is 23.9 Å². The minimum atomic E-state index is -1.10. The number of carboxylic acids is 1. The molecule has 2 aromatic carbocycles. The fourth-order valence-electron chi connectivity index (χ4n) is 8.24. The Morgan fingerprint density at radius 1 is 0.889 bits per heavy atom. The number of quaternary nitrogens is 1. The van der Waals surface area contributed by atoms with Gasteiger partial charge in [0.2, 0.25) is 11.8 Å². The first-order chi connectivity index (χ1) is 30.2. The van der Waals surface area contributed by atoms with Crippen LogP contribution in [0.3, 0.4) is 0 Å². The molecule has 2 aliphatic rings. The molecule has 0 bridgehead atoms. The van der Waals surface area contributed by atoms with Crippen LogP contribution in [0.2, 0.25) is 5.02 Å². The Bertz CT molecular complexity index is 2340. The van der Waals surface area contributed by atoms with Crippen molar-refractivity contribution in [2.45, 2.75) is 39.2 Å². The Morgan fingerprint density at radius 3 is 2.16 bits per heavy atom. The second-order valence-corrected chi connectivity index (χ2v) is 16.3. The maximum Gasteiger partial charge on any atom is 0.359 e. The molecule has 2 fully saturated rings. The van der Waals surface area contributed by atoms with Crippen LogP contribution in [0.4, 0.5) is 14.5 Å². The number of imidazole rings is 1. The fraction of sp³-hybridized carbons (Fsp3) is 0.465. The highest BCUT2D eigenvalue weighted by molar-refractivity contribution is 6.34. The van der Waals surface area contributed by atoms with E-state index in [0.717, 1.165) is 0 Å². The number of carbonyl (C=O) groups is 5. The molecule has 4 amide bonds. The highest BCUT2D eigenvalue weighted by Crippen LogP contribution is 2.33. The van der Waals surface area contributed by atoms with E-state index in [4.69, 9.17) is 22.1 Å². The number of nitrogens with zero attached hydrogens (tertiary/aromatic N) is 8. The van der Waals surface area contributed by atoms with E-state index >= 15 is 8.78 Å². The Kier molecular flexibility index (Phi) is 15.3. The molecular weight excluding hydrogens is 842 g/mol. The summed E-state index contributed by atoms with van der Waals surface area (Å²) in [4.78, 5) is 73.4. The predicted octanol–water partition coefficient (Wildman–Crippen LogP) is 3.64. The highest BCUT2D eigenvalue weighted by Gasteiger charge is 2.36. The normalized spacial score (nSPS) is 15.1. The number of hydrogen-bond acceptors (Lipinski definition) is 9. The van der Waals surface area contributed by atoms with E-state index in [1.165, 1.54) is 54.3 Å². The molecule has 2 aromatic heterocycles. The Labute approximate surface area is 368 Å². The van der Waals surface area contributed by atoms with E-state index < -0.39 is 23.5 Å². The molecule has 0 aliphatic carbocycles. The van der Waals surface area contributed by atoms with Crippen LogP contribution in [0, 0.1) is 18.6 Å². The number of piperazine rings is 2. The van der Waals surface area contributed by atoms with Gasteiger partial charge in [-0.05, 0) is 44.2 Å². The topological polar surface area (TPSA) is 198 Å². The monoisotopic (exact) mass is 895 g/mol. The highest BCUT2D eigenvalue weighted by atomic mass is 35.5. The van der Waals surface area contributed by atoms with Crippen LogP contribution in [0.5, 0.6) is 0 Å². The van der Waals surface area contributed by atoms with Crippen molar-refractivity contribution >= 4 is 46.9 Å². The molecule has 0 unspecified atom stereocenters. The van der Waals surface area contributed by atoms with Crippen LogP contribution in [-0.4, -0.2) is 159 Å². The molecular formula is C43H54ClF2N10O7+. The maximum absolute atomic E-state index is 15.6. The molecule has 2 saturated heterocycles. The first-order valence-corrected chi connectivity index (χ1v) is 21.3. The molecule has 17 nitrogen and oxygen atoms in total. The lowest BCUT2D eigenvalue weighted by Gasteiger charge is -2.44. The molecule has 0 spiro atoms. The molecule has 4 aromatic rings. The minimum Gasteiger partial charge on any atom is -0.477 e. The number of hydrogen-bond donors (Lipinski definition) is 3. The second-order valence-electron chi connectivity index (χ2n) is 15.9. The van der Waals surface area contributed by atoms with E-state index in [1.807, 2.05) is 0 Å². The summed E-state index contributed by atoms with van der Waals surface area (Å²) >= 11 is 6.55. The van der Waals surface area contributed by atoms with Crippen molar-refractivity contribution in [1.82, 2.24) is 34.0 Å². The van der Waals surface area contributed by atoms with Crippen molar-refractivity contribution in [3.05, 3.63) is 76.5 Å². The number of methoxy groups -OCH3 is 1. The first kappa shape index (κ1) is 46.7. The number of rotatable bonds is 17. The van der Waals surface area contributed by atoms with Gasteiger partial charge >= 0.3 is 5.97 Å². The number of carbonyl (C=O) groups excluding carboxylic acids is 4. The average molecular weight is 896 g/mol. The van der Waals surface area contributed by atoms with Crippen molar-refractivity contribution in [2.75, 3.05) is 91.0 Å². The summed E-state index contributed by atoms with van der Waals surface area (Å²) in [7, 11) is 3.07. The summed E-state index contributed by atoms with van der Waals surface area (Å²) in [6.45, 7) is 6.98. The zero-order chi connectivity index (χ0) is 45.4. The van der Waals surface area contributed by atoms with Crippen LogP contribution in [0.1, 0.15) is 52.4 Å². The third-order valence-corrected chi connectivity index (χ3v) is 12.3. The number of ether oxygens (including phenoxy) is 1. The van der Waals surface area contributed by atoms with Crippen molar-refractivity contribution in [2.24, 2.45) is 12.8 Å².